The largest absolute Gasteiger partial charge is 0.332 e. The number of benzene rings is 2. The summed E-state index contributed by atoms with van der Waals surface area (Å²) in [5.74, 6) is 1.28. The summed E-state index contributed by atoms with van der Waals surface area (Å²) in [7, 11) is 0. The normalized spacial score (nSPS) is 15.0. The van der Waals surface area contributed by atoms with Gasteiger partial charge in [-0.25, -0.2) is 4.98 Å². The summed E-state index contributed by atoms with van der Waals surface area (Å²) in [5.41, 5.74) is 3.69. The van der Waals surface area contributed by atoms with Gasteiger partial charge in [0.1, 0.15) is 5.82 Å². The van der Waals surface area contributed by atoms with Gasteiger partial charge in [-0.2, -0.15) is 0 Å². The van der Waals surface area contributed by atoms with Crippen LogP contribution in [0.4, 0.5) is 0 Å². The van der Waals surface area contributed by atoms with Gasteiger partial charge in [-0.15, -0.1) is 0 Å². The van der Waals surface area contributed by atoms with E-state index in [4.69, 9.17) is 4.98 Å². The number of nitrogens with zero attached hydrogens (tertiary/aromatic N) is 3. The Morgan fingerprint density at radius 3 is 2.45 bits per heavy atom. The molecule has 5 nitrogen and oxygen atoms in total. The van der Waals surface area contributed by atoms with Crippen LogP contribution in [0, 0.1) is 25.7 Å². The van der Waals surface area contributed by atoms with Crippen LogP contribution in [0.5, 0.6) is 0 Å². The lowest BCUT2D eigenvalue weighted by molar-refractivity contribution is -0.141. The van der Waals surface area contributed by atoms with Crippen molar-refractivity contribution in [2.75, 3.05) is 6.54 Å². The molecule has 3 aromatic rings. The summed E-state index contributed by atoms with van der Waals surface area (Å²) < 4.78 is 1.74. The van der Waals surface area contributed by atoms with Crippen molar-refractivity contribution < 1.29 is 4.79 Å². The summed E-state index contributed by atoms with van der Waals surface area (Å²) >= 11 is 0. The van der Waals surface area contributed by atoms with Crippen molar-refractivity contribution in [3.8, 4) is 5.69 Å². The second-order valence-electron chi connectivity index (χ2n) is 9.83. The zero-order valence-corrected chi connectivity index (χ0v) is 20.5. The molecule has 0 spiro atoms. The quantitative estimate of drug-likeness (QED) is 0.466. The Balaban J connectivity index is 1.95. The minimum Gasteiger partial charge on any atom is -0.332 e. The SMILES string of the molecule is CCC(c1nc2ccccc2c(=O)n1-c1ccc(C)c(C)c1)N(CC(C)C)C(=O)C1CCC1. The summed E-state index contributed by atoms with van der Waals surface area (Å²) in [6.45, 7) is 11.1. The predicted octanol–water partition coefficient (Wildman–Crippen LogP) is 5.74. The maximum atomic E-state index is 13.8. The van der Waals surface area contributed by atoms with Crippen molar-refractivity contribution >= 4 is 16.8 Å². The van der Waals surface area contributed by atoms with Crippen LogP contribution < -0.4 is 5.56 Å². The number of amides is 1. The fraction of sp³-hybridized carbons (Fsp3) is 0.464. The molecular weight excluding hydrogens is 410 g/mol. The summed E-state index contributed by atoms with van der Waals surface area (Å²) in [4.78, 5) is 34.4. The Bertz CT molecular complexity index is 1220. The Hall–Kier alpha value is -2.95. The zero-order chi connectivity index (χ0) is 23.7. The topological polar surface area (TPSA) is 55.2 Å². The van der Waals surface area contributed by atoms with Gasteiger partial charge in [0.25, 0.3) is 5.56 Å². The molecule has 2 aromatic carbocycles. The highest BCUT2D eigenvalue weighted by atomic mass is 16.2. The van der Waals surface area contributed by atoms with E-state index in [1.54, 1.807) is 4.57 Å². The van der Waals surface area contributed by atoms with Crippen molar-refractivity contribution in [1.82, 2.24) is 14.5 Å². The molecule has 0 aliphatic heterocycles. The van der Waals surface area contributed by atoms with E-state index >= 15 is 0 Å². The Morgan fingerprint density at radius 2 is 1.85 bits per heavy atom. The number of rotatable bonds is 7. The minimum atomic E-state index is -0.264. The van der Waals surface area contributed by atoms with Crippen molar-refractivity contribution in [1.29, 1.82) is 0 Å². The van der Waals surface area contributed by atoms with E-state index in [0.717, 1.165) is 30.5 Å². The molecule has 1 atom stereocenters. The van der Waals surface area contributed by atoms with Crippen LogP contribution in [0.1, 0.15) is 69.4 Å². The first-order chi connectivity index (χ1) is 15.8. The van der Waals surface area contributed by atoms with Gasteiger partial charge in [0.2, 0.25) is 5.91 Å². The van der Waals surface area contributed by atoms with E-state index in [-0.39, 0.29) is 23.4 Å². The number of hydrogen-bond donors (Lipinski definition) is 0. The van der Waals surface area contributed by atoms with E-state index in [9.17, 15) is 9.59 Å². The third-order valence-electron chi connectivity index (χ3n) is 6.91. The number of para-hydroxylation sites is 1. The van der Waals surface area contributed by atoms with Crippen LogP contribution in [-0.2, 0) is 4.79 Å². The van der Waals surface area contributed by atoms with Crippen molar-refractivity contribution in [2.45, 2.75) is 66.3 Å². The van der Waals surface area contributed by atoms with E-state index in [2.05, 4.69) is 34.6 Å². The van der Waals surface area contributed by atoms with Gasteiger partial charge in [-0.1, -0.05) is 45.4 Å². The Morgan fingerprint density at radius 1 is 1.12 bits per heavy atom. The molecule has 1 fully saturated rings. The third kappa shape index (κ3) is 4.46. The molecule has 1 aliphatic rings. The van der Waals surface area contributed by atoms with E-state index in [0.29, 0.717) is 35.6 Å². The molecular formula is C28H35N3O2. The molecule has 1 aromatic heterocycles. The van der Waals surface area contributed by atoms with Gasteiger partial charge < -0.3 is 4.90 Å². The lowest BCUT2D eigenvalue weighted by Gasteiger charge is -2.38. The molecule has 1 amide bonds. The summed E-state index contributed by atoms with van der Waals surface area (Å²) in [5, 5.41) is 0.593. The average molecular weight is 446 g/mol. The molecule has 0 N–H and O–H groups in total. The van der Waals surface area contributed by atoms with Gasteiger partial charge >= 0.3 is 0 Å². The monoisotopic (exact) mass is 445 g/mol. The molecule has 1 heterocycles. The first-order valence-electron chi connectivity index (χ1n) is 12.2. The van der Waals surface area contributed by atoms with Crippen molar-refractivity contribution in [3.05, 3.63) is 69.8 Å². The van der Waals surface area contributed by atoms with Gasteiger partial charge in [-0.05, 0) is 74.4 Å². The fourth-order valence-corrected chi connectivity index (χ4v) is 4.68. The van der Waals surface area contributed by atoms with E-state index in [1.807, 2.05) is 47.4 Å². The molecule has 174 valence electrons. The average Bonchev–Trinajstić information content (AvgIpc) is 2.74. The molecule has 1 unspecified atom stereocenters. The number of hydrogen-bond acceptors (Lipinski definition) is 3. The van der Waals surface area contributed by atoms with Crippen LogP contribution in [0.3, 0.4) is 0 Å². The van der Waals surface area contributed by atoms with Gasteiger partial charge in [0.15, 0.2) is 0 Å². The third-order valence-corrected chi connectivity index (χ3v) is 6.91. The zero-order valence-electron chi connectivity index (χ0n) is 20.5. The standard InChI is InChI=1S/C28H35N3O2/c1-6-25(30(17-18(2)3)27(32)21-10-9-11-21)26-29-24-13-8-7-12-23(24)28(33)31(26)22-15-14-19(4)20(5)16-22/h7-8,12-16,18,21,25H,6,9-11,17H2,1-5H3. The van der Waals surface area contributed by atoms with Crippen molar-refractivity contribution in [3.63, 3.8) is 0 Å². The maximum absolute atomic E-state index is 13.8. The first kappa shape index (κ1) is 23.2. The minimum absolute atomic E-state index is 0.0853. The molecule has 0 radical (unpaired) electrons. The molecule has 0 bridgehead atoms. The number of carbonyl (C=O) groups excluding carboxylic acids is 1. The van der Waals surface area contributed by atoms with E-state index in [1.165, 1.54) is 5.56 Å². The van der Waals surface area contributed by atoms with Gasteiger partial charge in [0.05, 0.1) is 22.6 Å². The highest BCUT2D eigenvalue weighted by Gasteiger charge is 2.35. The highest BCUT2D eigenvalue weighted by Crippen LogP contribution is 2.34. The number of fused-ring (bicyclic) bond motifs is 1. The number of aryl methyl sites for hydroxylation is 2. The van der Waals surface area contributed by atoms with Crippen LogP contribution >= 0.6 is 0 Å². The van der Waals surface area contributed by atoms with E-state index < -0.39 is 0 Å². The summed E-state index contributed by atoms with van der Waals surface area (Å²) in [6, 6.07) is 13.3. The Labute approximate surface area is 196 Å². The predicted molar refractivity (Wildman–Crippen MR) is 134 cm³/mol. The highest BCUT2D eigenvalue weighted by molar-refractivity contribution is 5.81. The maximum Gasteiger partial charge on any atom is 0.266 e. The summed E-state index contributed by atoms with van der Waals surface area (Å²) in [6.07, 6.45) is 3.73. The molecule has 4 rings (SSSR count). The Kier molecular flexibility index (Phi) is 6.68. The molecule has 33 heavy (non-hydrogen) atoms. The first-order valence-corrected chi connectivity index (χ1v) is 12.2. The molecule has 1 aliphatic carbocycles. The van der Waals surface area contributed by atoms with Crippen molar-refractivity contribution in [2.24, 2.45) is 11.8 Å². The van der Waals surface area contributed by atoms with Gasteiger partial charge in [-0.3, -0.25) is 14.2 Å². The van der Waals surface area contributed by atoms with Crippen LogP contribution in [0.25, 0.3) is 16.6 Å². The second-order valence-corrected chi connectivity index (χ2v) is 9.83. The van der Waals surface area contributed by atoms with Crippen LogP contribution in [0.15, 0.2) is 47.3 Å². The lowest BCUT2D eigenvalue weighted by Crippen LogP contribution is -2.44. The smallest absolute Gasteiger partial charge is 0.266 e. The number of carbonyl (C=O) groups is 1. The van der Waals surface area contributed by atoms with Gasteiger partial charge in [0, 0.05) is 12.5 Å². The van der Waals surface area contributed by atoms with Crippen LogP contribution in [-0.4, -0.2) is 26.9 Å². The fourth-order valence-electron chi connectivity index (χ4n) is 4.68. The number of aromatic nitrogens is 2. The second kappa shape index (κ2) is 9.50. The van der Waals surface area contributed by atoms with Crippen LogP contribution in [0.2, 0.25) is 0 Å². The molecule has 5 heteroatoms. The molecule has 1 saturated carbocycles. The molecule has 0 saturated heterocycles. The lowest BCUT2D eigenvalue weighted by atomic mass is 9.83.